The molecule has 104 valence electrons. The summed E-state index contributed by atoms with van der Waals surface area (Å²) in [6, 6.07) is 6.14. The third kappa shape index (κ3) is 3.47. The number of methoxy groups -OCH3 is 1. The molecule has 0 aliphatic rings. The standard InChI is InChI=1S/C12H15BrN2O3S/c1-9(6-7-14)15(2)19(16,17)10-4-5-12(18-3)11(13)8-10/h4-5,8-9H,6H2,1-3H3. The second-order valence-electron chi connectivity index (χ2n) is 4.03. The zero-order valence-electron chi connectivity index (χ0n) is 10.9. The summed E-state index contributed by atoms with van der Waals surface area (Å²) >= 11 is 3.26. The topological polar surface area (TPSA) is 70.4 Å². The highest BCUT2D eigenvalue weighted by Gasteiger charge is 2.25. The van der Waals surface area contributed by atoms with E-state index in [1.165, 1.54) is 30.6 Å². The summed E-state index contributed by atoms with van der Waals surface area (Å²) in [5, 5.41) is 8.64. The molecule has 0 bridgehead atoms. The molecule has 0 N–H and O–H groups in total. The van der Waals surface area contributed by atoms with E-state index < -0.39 is 10.0 Å². The van der Waals surface area contributed by atoms with Crippen LogP contribution in [0.1, 0.15) is 13.3 Å². The fraction of sp³-hybridized carbons (Fsp3) is 0.417. The smallest absolute Gasteiger partial charge is 0.243 e. The lowest BCUT2D eigenvalue weighted by Crippen LogP contribution is -2.34. The van der Waals surface area contributed by atoms with Crippen LogP contribution in [0.5, 0.6) is 5.75 Å². The van der Waals surface area contributed by atoms with Gasteiger partial charge in [0.25, 0.3) is 0 Å². The Morgan fingerprint density at radius 2 is 2.16 bits per heavy atom. The number of benzene rings is 1. The number of rotatable bonds is 5. The molecular formula is C12H15BrN2O3S. The van der Waals surface area contributed by atoms with E-state index in [0.717, 1.165) is 0 Å². The van der Waals surface area contributed by atoms with Crippen LogP contribution in [0.4, 0.5) is 0 Å². The van der Waals surface area contributed by atoms with E-state index in [0.29, 0.717) is 10.2 Å². The molecule has 0 saturated carbocycles. The summed E-state index contributed by atoms with van der Waals surface area (Å²) in [7, 11) is -0.634. The number of hydrogen-bond donors (Lipinski definition) is 0. The van der Waals surface area contributed by atoms with Crippen LogP contribution in [0.25, 0.3) is 0 Å². The Balaban J connectivity index is 3.14. The molecule has 19 heavy (non-hydrogen) atoms. The number of halogens is 1. The van der Waals surface area contributed by atoms with Gasteiger partial charge in [-0.05, 0) is 41.1 Å². The summed E-state index contributed by atoms with van der Waals surface area (Å²) in [6.07, 6.45) is 0.146. The lowest BCUT2D eigenvalue weighted by molar-refractivity contribution is 0.392. The highest BCUT2D eigenvalue weighted by Crippen LogP contribution is 2.29. The largest absolute Gasteiger partial charge is 0.496 e. The Morgan fingerprint density at radius 1 is 1.53 bits per heavy atom. The normalized spacial score (nSPS) is 13.1. The maximum Gasteiger partial charge on any atom is 0.243 e. The Bertz CT molecular complexity index is 595. The van der Waals surface area contributed by atoms with Crippen LogP contribution in [0.3, 0.4) is 0 Å². The molecule has 0 saturated heterocycles. The number of sulfonamides is 1. The van der Waals surface area contributed by atoms with Crippen molar-refractivity contribution >= 4 is 26.0 Å². The van der Waals surface area contributed by atoms with Gasteiger partial charge in [-0.1, -0.05) is 0 Å². The van der Waals surface area contributed by atoms with Crippen molar-refractivity contribution in [3.8, 4) is 11.8 Å². The maximum absolute atomic E-state index is 12.4. The SMILES string of the molecule is COc1ccc(S(=O)(=O)N(C)C(C)CC#N)cc1Br. The molecule has 0 spiro atoms. The van der Waals surface area contributed by atoms with E-state index in [1.807, 2.05) is 6.07 Å². The average molecular weight is 347 g/mol. The van der Waals surface area contributed by atoms with Crippen molar-refractivity contribution < 1.29 is 13.2 Å². The van der Waals surface area contributed by atoms with E-state index in [-0.39, 0.29) is 17.4 Å². The number of hydrogen-bond acceptors (Lipinski definition) is 4. The second-order valence-corrected chi connectivity index (χ2v) is 6.88. The predicted molar refractivity (Wildman–Crippen MR) is 75.3 cm³/mol. The molecule has 0 amide bonds. The first-order valence-corrected chi connectivity index (χ1v) is 7.76. The lowest BCUT2D eigenvalue weighted by Gasteiger charge is -2.22. The Labute approximate surface area is 122 Å². The summed E-state index contributed by atoms with van der Waals surface area (Å²) < 4.78 is 31.5. The second kappa shape index (κ2) is 6.37. The molecule has 5 nitrogen and oxygen atoms in total. The number of nitrogens with zero attached hydrogens (tertiary/aromatic N) is 2. The van der Waals surface area contributed by atoms with Crippen molar-refractivity contribution in [1.82, 2.24) is 4.31 Å². The quantitative estimate of drug-likeness (QED) is 0.820. The van der Waals surface area contributed by atoms with Crippen molar-refractivity contribution in [1.29, 1.82) is 5.26 Å². The maximum atomic E-state index is 12.4. The van der Waals surface area contributed by atoms with Gasteiger partial charge in [0.1, 0.15) is 5.75 Å². The summed E-state index contributed by atoms with van der Waals surface area (Å²) in [6.45, 7) is 1.69. The molecule has 1 unspecified atom stereocenters. The zero-order chi connectivity index (χ0) is 14.6. The Hall–Kier alpha value is -1.10. The Kier molecular flexibility index (Phi) is 5.35. The number of nitriles is 1. The van der Waals surface area contributed by atoms with Crippen molar-refractivity contribution in [2.45, 2.75) is 24.3 Å². The van der Waals surface area contributed by atoms with Gasteiger partial charge in [0, 0.05) is 13.1 Å². The van der Waals surface area contributed by atoms with Crippen molar-refractivity contribution in [3.05, 3.63) is 22.7 Å². The van der Waals surface area contributed by atoms with E-state index in [4.69, 9.17) is 10.00 Å². The zero-order valence-corrected chi connectivity index (χ0v) is 13.3. The van der Waals surface area contributed by atoms with Gasteiger partial charge in [0.15, 0.2) is 0 Å². The summed E-state index contributed by atoms with van der Waals surface area (Å²) in [4.78, 5) is 0.160. The molecule has 0 radical (unpaired) electrons. The van der Waals surface area contributed by atoms with Gasteiger partial charge in [-0.2, -0.15) is 9.57 Å². The van der Waals surface area contributed by atoms with Gasteiger partial charge in [-0.25, -0.2) is 8.42 Å². The third-order valence-electron chi connectivity index (χ3n) is 2.81. The van der Waals surface area contributed by atoms with Crippen LogP contribution in [0.2, 0.25) is 0 Å². The van der Waals surface area contributed by atoms with Gasteiger partial charge < -0.3 is 4.74 Å². The molecule has 0 aromatic heterocycles. The van der Waals surface area contributed by atoms with Crippen molar-refractivity contribution in [2.24, 2.45) is 0 Å². The van der Waals surface area contributed by atoms with Gasteiger partial charge in [0.2, 0.25) is 10.0 Å². The Morgan fingerprint density at radius 3 is 2.63 bits per heavy atom. The van der Waals surface area contributed by atoms with Gasteiger partial charge in [0.05, 0.1) is 29.0 Å². The predicted octanol–water partition coefficient (Wildman–Crippen LogP) is 2.38. The third-order valence-corrected chi connectivity index (χ3v) is 5.40. The first-order valence-electron chi connectivity index (χ1n) is 5.53. The fourth-order valence-corrected chi connectivity index (χ4v) is 3.55. The van der Waals surface area contributed by atoms with E-state index >= 15 is 0 Å². The molecule has 0 fully saturated rings. The van der Waals surface area contributed by atoms with E-state index in [9.17, 15) is 8.42 Å². The van der Waals surface area contributed by atoms with Crippen LogP contribution < -0.4 is 4.74 Å². The van der Waals surface area contributed by atoms with Crippen molar-refractivity contribution in [2.75, 3.05) is 14.2 Å². The molecule has 1 atom stereocenters. The summed E-state index contributed by atoms with van der Waals surface area (Å²) in [5.41, 5.74) is 0. The molecule has 7 heteroatoms. The molecule has 1 aromatic rings. The number of ether oxygens (including phenoxy) is 1. The minimum atomic E-state index is -3.61. The molecular weight excluding hydrogens is 332 g/mol. The molecule has 1 aromatic carbocycles. The van der Waals surface area contributed by atoms with Crippen LogP contribution in [-0.4, -0.2) is 32.9 Å². The first-order chi connectivity index (χ1) is 8.84. The van der Waals surface area contributed by atoms with E-state index in [1.54, 1.807) is 13.0 Å². The lowest BCUT2D eigenvalue weighted by atomic mass is 10.3. The van der Waals surface area contributed by atoms with Crippen LogP contribution in [-0.2, 0) is 10.0 Å². The highest BCUT2D eigenvalue weighted by atomic mass is 79.9. The molecule has 0 aliphatic heterocycles. The van der Waals surface area contributed by atoms with Gasteiger partial charge in [-0.15, -0.1) is 0 Å². The minimum absolute atomic E-state index is 0.146. The van der Waals surface area contributed by atoms with Gasteiger partial charge >= 0.3 is 0 Å². The van der Waals surface area contributed by atoms with Crippen molar-refractivity contribution in [3.63, 3.8) is 0 Å². The molecule has 1 rings (SSSR count). The van der Waals surface area contributed by atoms with Gasteiger partial charge in [-0.3, -0.25) is 0 Å². The monoisotopic (exact) mass is 346 g/mol. The van der Waals surface area contributed by atoms with Crippen LogP contribution >= 0.6 is 15.9 Å². The average Bonchev–Trinajstić information content (AvgIpc) is 2.37. The molecule has 0 aliphatic carbocycles. The van der Waals surface area contributed by atoms with Crippen LogP contribution in [0.15, 0.2) is 27.6 Å². The van der Waals surface area contributed by atoms with Crippen LogP contribution in [0, 0.1) is 11.3 Å². The first kappa shape index (κ1) is 16.0. The summed E-state index contributed by atoms with van der Waals surface area (Å²) in [5.74, 6) is 0.562. The van der Waals surface area contributed by atoms with E-state index in [2.05, 4.69) is 15.9 Å². The highest BCUT2D eigenvalue weighted by molar-refractivity contribution is 9.10. The molecule has 0 heterocycles. The fourth-order valence-electron chi connectivity index (χ4n) is 1.47. The minimum Gasteiger partial charge on any atom is -0.496 e.